The lowest BCUT2D eigenvalue weighted by Crippen LogP contribution is -2.34. The Kier molecular flexibility index (Phi) is 14.5. The van der Waals surface area contributed by atoms with Crippen LogP contribution in [0.15, 0.2) is 24.3 Å². The van der Waals surface area contributed by atoms with E-state index < -0.39 is 0 Å². The van der Waals surface area contributed by atoms with Gasteiger partial charge < -0.3 is 10.6 Å². The van der Waals surface area contributed by atoms with E-state index in [-0.39, 0.29) is 36.6 Å². The van der Waals surface area contributed by atoms with Crippen LogP contribution in [0.4, 0.5) is 0 Å². The molecule has 1 amide bonds. The number of nitrogens with zero attached hydrogens (tertiary/aromatic N) is 1. The normalized spacial score (nSPS) is 11.3. The zero-order valence-corrected chi connectivity index (χ0v) is 16.2. The number of carbonyl (C=O) groups is 1. The van der Waals surface area contributed by atoms with E-state index in [9.17, 15) is 4.79 Å². The van der Waals surface area contributed by atoms with Crippen LogP contribution in [0, 0.1) is 5.92 Å². The molecule has 0 aliphatic rings. The monoisotopic (exact) mass is 363 g/mol. The highest BCUT2D eigenvalue weighted by atomic mass is 35.5. The van der Waals surface area contributed by atoms with Gasteiger partial charge in [-0.3, -0.25) is 9.69 Å². The molecule has 0 heterocycles. The molecule has 0 radical (unpaired) electrons. The van der Waals surface area contributed by atoms with Crippen molar-refractivity contribution >= 4 is 30.7 Å². The van der Waals surface area contributed by atoms with Crippen LogP contribution in [0.3, 0.4) is 0 Å². The standard InChI is InChI=1S/C17H29N3O.2ClH/c1-5-20(6-2)13-16-10-8-7-9-15(16)12-19-17(21)14(3)11-18-4;;/h7-10,14,18H,5-6,11-13H2,1-4H3,(H,19,21);2*1H. The molecule has 134 valence electrons. The van der Waals surface area contributed by atoms with Crippen molar-refractivity contribution in [2.75, 3.05) is 26.7 Å². The summed E-state index contributed by atoms with van der Waals surface area (Å²) in [5, 5.41) is 6.07. The first-order valence-electron chi connectivity index (χ1n) is 7.83. The average molecular weight is 364 g/mol. The molecule has 0 aromatic heterocycles. The summed E-state index contributed by atoms with van der Waals surface area (Å²) in [5.41, 5.74) is 2.50. The first-order chi connectivity index (χ1) is 10.1. The molecular weight excluding hydrogens is 333 g/mol. The van der Waals surface area contributed by atoms with Gasteiger partial charge in [0.05, 0.1) is 0 Å². The van der Waals surface area contributed by atoms with E-state index in [1.807, 2.05) is 20.0 Å². The summed E-state index contributed by atoms with van der Waals surface area (Å²) in [6, 6.07) is 8.34. The van der Waals surface area contributed by atoms with E-state index in [2.05, 4.69) is 47.6 Å². The maximum Gasteiger partial charge on any atom is 0.224 e. The summed E-state index contributed by atoms with van der Waals surface area (Å²) in [6.07, 6.45) is 0. The third-order valence-corrected chi connectivity index (χ3v) is 3.82. The maximum atomic E-state index is 12.0. The number of hydrogen-bond acceptors (Lipinski definition) is 3. The molecule has 6 heteroatoms. The number of amides is 1. The fourth-order valence-electron chi connectivity index (χ4n) is 2.33. The van der Waals surface area contributed by atoms with Crippen molar-refractivity contribution in [1.29, 1.82) is 0 Å². The number of benzene rings is 1. The molecule has 0 saturated carbocycles. The molecule has 4 nitrogen and oxygen atoms in total. The Morgan fingerprint density at radius 2 is 1.70 bits per heavy atom. The molecule has 0 aliphatic heterocycles. The van der Waals surface area contributed by atoms with E-state index in [0.717, 1.165) is 19.6 Å². The second kappa shape index (κ2) is 13.6. The molecule has 1 rings (SSSR count). The molecule has 1 aromatic rings. The molecule has 0 spiro atoms. The fourth-order valence-corrected chi connectivity index (χ4v) is 2.33. The Morgan fingerprint density at radius 3 is 2.22 bits per heavy atom. The van der Waals surface area contributed by atoms with Gasteiger partial charge in [0.15, 0.2) is 0 Å². The van der Waals surface area contributed by atoms with Gasteiger partial charge in [-0.15, -0.1) is 24.8 Å². The maximum absolute atomic E-state index is 12.0. The van der Waals surface area contributed by atoms with Gasteiger partial charge >= 0.3 is 0 Å². The van der Waals surface area contributed by atoms with Gasteiger partial charge in [0.1, 0.15) is 0 Å². The lowest BCUT2D eigenvalue weighted by Gasteiger charge is -2.20. The Morgan fingerprint density at radius 1 is 1.13 bits per heavy atom. The molecule has 0 saturated heterocycles. The van der Waals surface area contributed by atoms with Gasteiger partial charge in [-0.05, 0) is 31.3 Å². The Hall–Kier alpha value is -0.810. The van der Waals surface area contributed by atoms with E-state index in [0.29, 0.717) is 13.1 Å². The first-order valence-corrected chi connectivity index (χ1v) is 7.83. The molecule has 1 unspecified atom stereocenters. The Bertz CT molecular complexity index is 440. The molecule has 1 atom stereocenters. The predicted octanol–water partition coefficient (Wildman–Crippen LogP) is 2.84. The summed E-state index contributed by atoms with van der Waals surface area (Å²) in [6.45, 7) is 10.6. The molecule has 0 bridgehead atoms. The van der Waals surface area contributed by atoms with Gasteiger partial charge in [-0.25, -0.2) is 0 Å². The smallest absolute Gasteiger partial charge is 0.224 e. The van der Waals surface area contributed by atoms with Gasteiger partial charge in [0.25, 0.3) is 0 Å². The van der Waals surface area contributed by atoms with Crippen molar-refractivity contribution < 1.29 is 4.79 Å². The summed E-state index contributed by atoms with van der Waals surface area (Å²) in [4.78, 5) is 14.4. The predicted molar refractivity (Wildman–Crippen MR) is 103 cm³/mol. The fraction of sp³-hybridized carbons (Fsp3) is 0.588. The molecular formula is C17H31Cl2N3O. The van der Waals surface area contributed by atoms with E-state index >= 15 is 0 Å². The van der Waals surface area contributed by atoms with Crippen LogP contribution >= 0.6 is 24.8 Å². The number of carbonyl (C=O) groups excluding carboxylic acids is 1. The summed E-state index contributed by atoms with van der Waals surface area (Å²) >= 11 is 0. The minimum Gasteiger partial charge on any atom is -0.352 e. The zero-order chi connectivity index (χ0) is 15.7. The van der Waals surface area contributed by atoms with Crippen LogP contribution in [0.25, 0.3) is 0 Å². The molecule has 0 aliphatic carbocycles. The lowest BCUT2D eigenvalue weighted by molar-refractivity contribution is -0.124. The minimum atomic E-state index is -0.00931. The quantitative estimate of drug-likeness (QED) is 0.708. The molecule has 23 heavy (non-hydrogen) atoms. The highest BCUT2D eigenvalue weighted by Gasteiger charge is 2.12. The summed E-state index contributed by atoms with van der Waals surface area (Å²) in [7, 11) is 1.86. The van der Waals surface area contributed by atoms with E-state index in [1.54, 1.807) is 0 Å². The Balaban J connectivity index is 0. The van der Waals surface area contributed by atoms with Crippen molar-refractivity contribution in [2.24, 2.45) is 5.92 Å². The van der Waals surface area contributed by atoms with Crippen LogP contribution in [0.2, 0.25) is 0 Å². The van der Waals surface area contributed by atoms with Gasteiger partial charge in [-0.2, -0.15) is 0 Å². The summed E-state index contributed by atoms with van der Waals surface area (Å²) in [5.74, 6) is 0.0898. The third kappa shape index (κ3) is 8.56. The molecule has 1 aromatic carbocycles. The van der Waals surface area contributed by atoms with Crippen LogP contribution in [-0.2, 0) is 17.9 Å². The van der Waals surface area contributed by atoms with Gasteiger partial charge in [0.2, 0.25) is 5.91 Å². The van der Waals surface area contributed by atoms with Crippen LogP contribution in [-0.4, -0.2) is 37.5 Å². The second-order valence-electron chi connectivity index (χ2n) is 5.41. The highest BCUT2D eigenvalue weighted by molar-refractivity contribution is 5.85. The number of rotatable bonds is 9. The topological polar surface area (TPSA) is 44.4 Å². The average Bonchev–Trinajstić information content (AvgIpc) is 2.51. The van der Waals surface area contributed by atoms with Crippen LogP contribution in [0.1, 0.15) is 31.9 Å². The Labute approximate surface area is 153 Å². The van der Waals surface area contributed by atoms with Crippen molar-refractivity contribution in [3.05, 3.63) is 35.4 Å². The van der Waals surface area contributed by atoms with E-state index in [4.69, 9.17) is 0 Å². The summed E-state index contributed by atoms with van der Waals surface area (Å²) < 4.78 is 0. The number of nitrogens with one attached hydrogen (secondary N) is 2. The number of halogens is 2. The number of hydrogen-bond donors (Lipinski definition) is 2. The third-order valence-electron chi connectivity index (χ3n) is 3.82. The van der Waals surface area contributed by atoms with E-state index in [1.165, 1.54) is 11.1 Å². The first kappa shape index (κ1) is 24.4. The highest BCUT2D eigenvalue weighted by Crippen LogP contribution is 2.12. The lowest BCUT2D eigenvalue weighted by atomic mass is 10.1. The van der Waals surface area contributed by atoms with Crippen molar-refractivity contribution in [2.45, 2.75) is 33.9 Å². The van der Waals surface area contributed by atoms with Crippen molar-refractivity contribution in [3.63, 3.8) is 0 Å². The van der Waals surface area contributed by atoms with Gasteiger partial charge in [0, 0.05) is 25.6 Å². The zero-order valence-electron chi connectivity index (χ0n) is 14.6. The van der Waals surface area contributed by atoms with Crippen LogP contribution in [0.5, 0.6) is 0 Å². The molecule has 0 fully saturated rings. The van der Waals surface area contributed by atoms with Crippen LogP contribution < -0.4 is 10.6 Å². The minimum absolute atomic E-state index is 0. The second-order valence-corrected chi connectivity index (χ2v) is 5.41. The van der Waals surface area contributed by atoms with Crippen molar-refractivity contribution in [1.82, 2.24) is 15.5 Å². The van der Waals surface area contributed by atoms with Crippen molar-refractivity contribution in [3.8, 4) is 0 Å². The largest absolute Gasteiger partial charge is 0.352 e. The van der Waals surface area contributed by atoms with Gasteiger partial charge in [-0.1, -0.05) is 45.0 Å². The molecule has 2 N–H and O–H groups in total. The SMILES string of the molecule is CCN(CC)Cc1ccccc1CNC(=O)C(C)CNC.Cl.Cl.